The van der Waals surface area contributed by atoms with Crippen molar-refractivity contribution in [2.24, 2.45) is 0 Å². The Morgan fingerprint density at radius 1 is 0.300 bits per heavy atom. The van der Waals surface area contributed by atoms with Gasteiger partial charge in [0.1, 0.15) is 0 Å². The van der Waals surface area contributed by atoms with Gasteiger partial charge in [-0.15, -0.1) is 94.1 Å². The Labute approximate surface area is 316 Å². The van der Waals surface area contributed by atoms with E-state index in [9.17, 15) is 0 Å². The molecule has 0 saturated heterocycles. The molecule has 18 heteroatoms. The van der Waals surface area contributed by atoms with Crippen LogP contribution in [-0.4, -0.2) is 56.5 Å². The van der Waals surface area contributed by atoms with Crippen molar-refractivity contribution in [2.75, 3.05) is 46.0 Å². The molecule has 7 aliphatic heterocycles. The highest BCUT2D eigenvalue weighted by Gasteiger charge is 2.34. The molecule has 40 heavy (non-hydrogen) atoms. The molecule has 7 heterocycles. The summed E-state index contributed by atoms with van der Waals surface area (Å²) >= 11 is 42.5. The summed E-state index contributed by atoms with van der Waals surface area (Å²) < 4.78 is 18.0. The van der Waals surface area contributed by atoms with Gasteiger partial charge in [0, 0.05) is 56.5 Å². The average Bonchev–Trinajstić information content (AvgIpc) is 3.75. The number of hydrogen-bond acceptors (Lipinski definition) is 18. The van der Waals surface area contributed by atoms with Crippen molar-refractivity contribution in [3.8, 4) is 0 Å². The minimum Gasteiger partial charge on any atom is -0.174 e. The number of thiol groups is 2. The normalized spacial score (nSPS) is 30.8. The maximum absolute atomic E-state index is 5.07. The molecule has 0 saturated carbocycles. The van der Waals surface area contributed by atoms with E-state index in [0.29, 0.717) is 10.5 Å². The third-order valence-corrected chi connectivity index (χ3v) is 31.2. The minimum atomic E-state index is 0.367. The van der Waals surface area contributed by atoms with Gasteiger partial charge < -0.3 is 0 Å². The van der Waals surface area contributed by atoms with E-state index >= 15 is 0 Å². The van der Waals surface area contributed by atoms with Crippen molar-refractivity contribution in [3.05, 3.63) is 50.8 Å². The molecule has 0 bridgehead atoms. The average molecular weight is 862 g/mol. The molecule has 0 aliphatic carbocycles. The third kappa shape index (κ3) is 8.30. The third-order valence-electron chi connectivity index (χ3n) is 5.21. The fourth-order valence-corrected chi connectivity index (χ4v) is 28.7. The first-order chi connectivity index (χ1) is 19.6. The van der Waals surface area contributed by atoms with Crippen molar-refractivity contribution >= 4 is 213 Å². The molecular weight excluding hydrogens is 841 g/mol. The van der Waals surface area contributed by atoms with Gasteiger partial charge in [-0.25, -0.2) is 0 Å². The molecule has 0 aromatic rings. The zero-order chi connectivity index (χ0) is 27.1. The van der Waals surface area contributed by atoms with Crippen LogP contribution in [0.1, 0.15) is 0 Å². The Kier molecular flexibility index (Phi) is 13.3. The van der Waals surface area contributed by atoms with E-state index in [4.69, 9.17) is 25.3 Å². The van der Waals surface area contributed by atoms with Gasteiger partial charge in [0.15, 0.2) is 0 Å². The highest BCUT2D eigenvalue weighted by atomic mass is 32.3. The van der Waals surface area contributed by atoms with E-state index < -0.39 is 0 Å². The maximum atomic E-state index is 5.07. The molecule has 0 nitrogen and oxygen atoms in total. The van der Waals surface area contributed by atoms with Crippen molar-refractivity contribution in [1.82, 2.24) is 0 Å². The summed E-state index contributed by atoms with van der Waals surface area (Å²) in [6, 6.07) is 0. The summed E-state index contributed by atoms with van der Waals surface area (Å²) in [5, 5.41) is 0.735. The highest BCUT2D eigenvalue weighted by Crippen LogP contribution is 2.69. The van der Waals surface area contributed by atoms with Crippen LogP contribution in [0.2, 0.25) is 0 Å². The number of rotatable bonds is 0. The largest absolute Gasteiger partial charge is 0.174 e. The molecule has 0 aromatic heterocycles. The first-order valence-electron chi connectivity index (χ1n) is 11.9. The zero-order valence-electron chi connectivity index (χ0n) is 20.2. The SMILES string of the molecule is SC1CSC2=C(SCC(S)CSC3=C(SC1)SC(=C1SC4=C(SCCS4)S1)S3)SC(=C1SC3=C(SCCS3)S1)S2. The molecule has 0 atom stereocenters. The van der Waals surface area contributed by atoms with Gasteiger partial charge in [-0.3, -0.25) is 0 Å². The summed E-state index contributed by atoms with van der Waals surface area (Å²) in [6.45, 7) is 0. The maximum Gasteiger partial charge on any atom is 0.0717 e. The van der Waals surface area contributed by atoms with E-state index in [-0.39, 0.29) is 0 Å². The molecule has 7 aliphatic rings. The topological polar surface area (TPSA) is 0 Å². The van der Waals surface area contributed by atoms with Gasteiger partial charge in [-0.2, -0.15) is 25.3 Å². The molecule has 0 N–H and O–H groups in total. The van der Waals surface area contributed by atoms with Gasteiger partial charge in [-0.1, -0.05) is 94.1 Å². The van der Waals surface area contributed by atoms with E-state index in [1.807, 2.05) is 188 Å². The van der Waals surface area contributed by atoms with E-state index in [1.165, 1.54) is 73.9 Å². The molecule has 0 fully saturated rings. The van der Waals surface area contributed by atoms with Crippen LogP contribution in [-0.2, 0) is 0 Å². The Bertz CT molecular complexity index is 1080. The smallest absolute Gasteiger partial charge is 0.0717 e. The molecule has 0 radical (unpaired) electrons. The van der Waals surface area contributed by atoms with Crippen LogP contribution in [0.25, 0.3) is 0 Å². The zero-order valence-corrected chi connectivity index (χ0v) is 35.1. The monoisotopic (exact) mass is 860 g/mol. The quantitative estimate of drug-likeness (QED) is 0.222. The summed E-state index contributed by atoms with van der Waals surface area (Å²) in [4.78, 5) is 0. The van der Waals surface area contributed by atoms with Crippen LogP contribution in [0, 0.1) is 0 Å². The van der Waals surface area contributed by atoms with Gasteiger partial charge in [0.25, 0.3) is 0 Å². The molecule has 0 spiro atoms. The van der Waals surface area contributed by atoms with Gasteiger partial charge in [-0.05, 0) is 0 Å². The second kappa shape index (κ2) is 16.0. The van der Waals surface area contributed by atoms with Crippen LogP contribution in [0.4, 0.5) is 0 Å². The van der Waals surface area contributed by atoms with Crippen molar-refractivity contribution in [2.45, 2.75) is 10.5 Å². The van der Waals surface area contributed by atoms with Crippen LogP contribution < -0.4 is 0 Å². The van der Waals surface area contributed by atoms with E-state index in [1.54, 1.807) is 0 Å². The molecule has 0 amide bonds. The first kappa shape index (κ1) is 33.2. The van der Waals surface area contributed by atoms with Crippen LogP contribution in [0.5, 0.6) is 0 Å². The predicted octanol–water partition coefficient (Wildman–Crippen LogP) is 13.2. The van der Waals surface area contributed by atoms with Crippen LogP contribution in [0.15, 0.2) is 50.8 Å². The van der Waals surface area contributed by atoms with Gasteiger partial charge in [0.2, 0.25) is 0 Å². The molecule has 7 rings (SSSR count). The van der Waals surface area contributed by atoms with Crippen molar-refractivity contribution in [1.29, 1.82) is 0 Å². The van der Waals surface area contributed by atoms with E-state index in [2.05, 4.69) is 0 Å². The Hall–Kier alpha value is 4.74. The Balaban J connectivity index is 1.01. The second-order valence-corrected chi connectivity index (χ2v) is 29.5. The summed E-state index contributed by atoms with van der Waals surface area (Å²) in [5.74, 6) is 9.17. The van der Waals surface area contributed by atoms with E-state index in [0.717, 1.165) is 23.0 Å². The molecule has 216 valence electrons. The van der Waals surface area contributed by atoms with Crippen LogP contribution >= 0.6 is 213 Å². The number of thioether (sulfide) groups is 16. The van der Waals surface area contributed by atoms with Crippen LogP contribution in [0.3, 0.4) is 0 Å². The predicted molar refractivity (Wildman–Crippen MR) is 228 cm³/mol. The Morgan fingerprint density at radius 2 is 0.500 bits per heavy atom. The molecule has 0 unspecified atom stereocenters. The van der Waals surface area contributed by atoms with Crippen molar-refractivity contribution < 1.29 is 0 Å². The van der Waals surface area contributed by atoms with Crippen molar-refractivity contribution in [3.63, 3.8) is 0 Å². The lowest BCUT2D eigenvalue weighted by atomic mass is 10.5. The molecular formula is C22H20S18. The lowest BCUT2D eigenvalue weighted by Crippen LogP contribution is -2.07. The highest BCUT2D eigenvalue weighted by molar-refractivity contribution is 8.46. The lowest BCUT2D eigenvalue weighted by molar-refractivity contribution is 1.16. The first-order valence-corrected chi connectivity index (χ1v) is 27.3. The Morgan fingerprint density at radius 3 is 0.725 bits per heavy atom. The lowest BCUT2D eigenvalue weighted by Gasteiger charge is -2.14. The summed E-state index contributed by atoms with van der Waals surface area (Å²) in [7, 11) is 0. The standard InChI is InChI=1S/C22H20S18/c23-9-5-29-15-16(38-21(37-15)19-33-11-12(34-19)26-2-1-25-11)30-6-10(24)8-32-18-17(31-7-9)39-22(40-18)20-35-13-14(36-20)28-4-3-27-13/h9-10,23-24H,1-8H2. The second-order valence-electron chi connectivity index (χ2n) is 8.21. The fourth-order valence-electron chi connectivity index (χ4n) is 3.45. The van der Waals surface area contributed by atoms with Gasteiger partial charge >= 0.3 is 0 Å². The summed E-state index contributed by atoms with van der Waals surface area (Å²) in [5.41, 5.74) is 0. The summed E-state index contributed by atoms with van der Waals surface area (Å²) in [6.07, 6.45) is 0. The fraction of sp³-hybridized carbons (Fsp3) is 0.455. The van der Waals surface area contributed by atoms with Gasteiger partial charge in [0.05, 0.1) is 50.8 Å². The molecule has 0 aromatic carbocycles. The minimum absolute atomic E-state index is 0.367. The number of hydrogen-bond donors (Lipinski definition) is 2.